The van der Waals surface area contributed by atoms with E-state index in [4.69, 9.17) is 34.0 Å². The Morgan fingerprint density at radius 1 is 1.29 bits per heavy atom. The van der Waals surface area contributed by atoms with Crippen molar-refractivity contribution >= 4 is 54.0 Å². The van der Waals surface area contributed by atoms with Crippen LogP contribution in [-0.4, -0.2) is 104 Å². The molecule has 1 N–H and O–H groups in total. The van der Waals surface area contributed by atoms with Gasteiger partial charge in [-0.3, -0.25) is 9.89 Å². The monoisotopic (exact) mass is 634 g/mol. The Hall–Kier alpha value is -1.66. The number of quaternary nitrogens is 1. The molecule has 1 aromatic carbocycles. The molecule has 3 unspecified atom stereocenters. The van der Waals surface area contributed by atoms with Gasteiger partial charge < -0.3 is 15.0 Å². The van der Waals surface area contributed by atoms with E-state index in [1.54, 1.807) is 24.6 Å². The van der Waals surface area contributed by atoms with Gasteiger partial charge in [0.15, 0.2) is 5.70 Å². The van der Waals surface area contributed by atoms with Gasteiger partial charge in [-0.15, -0.1) is 12.6 Å². The summed E-state index contributed by atoms with van der Waals surface area (Å²) >= 11 is 13.4. The molecule has 3 saturated heterocycles. The first-order valence-electron chi connectivity index (χ1n) is 14.7. The van der Waals surface area contributed by atoms with Gasteiger partial charge >= 0.3 is 6.41 Å². The maximum Gasteiger partial charge on any atom is 0.318 e. The molecular formula is C31H42ClFN5O2S2+. The van der Waals surface area contributed by atoms with Gasteiger partial charge in [-0.1, -0.05) is 23.7 Å². The normalized spacial score (nSPS) is 33.1. The molecule has 3 atom stereocenters. The third kappa shape index (κ3) is 6.14. The molecule has 5 rings (SSSR count). The fourth-order valence-electron chi connectivity index (χ4n) is 6.75. The van der Waals surface area contributed by atoms with E-state index in [0.717, 1.165) is 93.4 Å². The van der Waals surface area contributed by atoms with Crippen LogP contribution >= 0.6 is 36.2 Å². The number of carbonyl (C=O) groups is 1. The maximum atomic E-state index is 14.0. The van der Waals surface area contributed by atoms with Crippen molar-refractivity contribution in [3.63, 3.8) is 0 Å². The van der Waals surface area contributed by atoms with E-state index < -0.39 is 0 Å². The van der Waals surface area contributed by atoms with Crippen molar-refractivity contribution in [1.82, 2.24) is 15.1 Å². The molecule has 0 bridgehead atoms. The highest BCUT2D eigenvalue weighted by molar-refractivity contribution is 7.93. The van der Waals surface area contributed by atoms with E-state index >= 15 is 0 Å². The summed E-state index contributed by atoms with van der Waals surface area (Å²) in [4.78, 5) is 23.0. The number of rotatable bonds is 6. The van der Waals surface area contributed by atoms with Gasteiger partial charge in [0.2, 0.25) is 0 Å². The molecule has 228 valence electrons. The number of piperidine rings is 1. The highest BCUT2D eigenvalue weighted by Crippen LogP contribution is 2.45. The van der Waals surface area contributed by atoms with E-state index in [1.165, 1.54) is 24.1 Å². The van der Waals surface area contributed by atoms with Crippen LogP contribution in [0.15, 0.2) is 57.0 Å². The van der Waals surface area contributed by atoms with Gasteiger partial charge in [-0.25, -0.2) is 9.18 Å². The van der Waals surface area contributed by atoms with E-state index in [2.05, 4.69) is 22.0 Å². The molecule has 3 fully saturated rings. The number of aliphatic imine (C=N–C) groups is 1. The summed E-state index contributed by atoms with van der Waals surface area (Å²) in [6.07, 6.45) is 7.68. The van der Waals surface area contributed by atoms with Crippen LogP contribution in [0.1, 0.15) is 31.7 Å². The van der Waals surface area contributed by atoms with Gasteiger partial charge in [0, 0.05) is 61.3 Å². The van der Waals surface area contributed by atoms with Crippen LogP contribution in [0.2, 0.25) is 0 Å². The molecule has 4 aliphatic rings. The molecule has 11 heteroatoms. The number of hydrogen-bond acceptors (Lipinski definition) is 7. The first-order chi connectivity index (χ1) is 20.3. The minimum atomic E-state index is -0.299. The first kappa shape index (κ1) is 31.8. The lowest BCUT2D eigenvalue weighted by Crippen LogP contribution is -2.58. The second-order valence-electron chi connectivity index (χ2n) is 11.8. The SMILES string of the molecule is CN=C(/C1=C/C(Cl)=C(/c2ccc(F)cc2)CC(CN2CCC3(CC2)COC3)[N+](C=O)(SC)\C1=C/S)N1CCNCC1C. The average molecular weight is 635 g/mol. The van der Waals surface area contributed by atoms with E-state index in [0.29, 0.717) is 23.4 Å². The minimum Gasteiger partial charge on any atom is -0.380 e. The van der Waals surface area contributed by atoms with Crippen molar-refractivity contribution < 1.29 is 17.8 Å². The van der Waals surface area contributed by atoms with Crippen LogP contribution in [0.25, 0.3) is 5.57 Å². The predicted molar refractivity (Wildman–Crippen MR) is 174 cm³/mol. The quantitative estimate of drug-likeness (QED) is 0.116. The van der Waals surface area contributed by atoms with Crippen molar-refractivity contribution in [2.24, 2.45) is 10.4 Å². The summed E-state index contributed by atoms with van der Waals surface area (Å²) in [5.41, 5.74) is 3.59. The Balaban J connectivity index is 1.62. The number of halogens is 2. The molecule has 4 aliphatic heterocycles. The number of likely N-dealkylation sites (tertiary alicyclic amines) is 1. The number of benzene rings is 1. The number of nitrogens with one attached hydrogen (secondary N) is 1. The summed E-state index contributed by atoms with van der Waals surface area (Å²) < 4.78 is 19.6. The van der Waals surface area contributed by atoms with Gasteiger partial charge in [-0.05, 0) is 62.2 Å². The molecule has 0 saturated carbocycles. The molecule has 0 radical (unpaired) electrons. The Kier molecular flexibility index (Phi) is 10.2. The molecular weight excluding hydrogens is 593 g/mol. The van der Waals surface area contributed by atoms with Crippen LogP contribution in [0.3, 0.4) is 0 Å². The van der Waals surface area contributed by atoms with Crippen LogP contribution in [0.4, 0.5) is 4.39 Å². The first-order valence-corrected chi connectivity index (χ1v) is 16.7. The van der Waals surface area contributed by atoms with Gasteiger partial charge in [0.25, 0.3) is 0 Å². The summed E-state index contributed by atoms with van der Waals surface area (Å²) in [7, 11) is 1.79. The second kappa shape index (κ2) is 13.5. The highest BCUT2D eigenvalue weighted by atomic mass is 35.5. The maximum absolute atomic E-state index is 14.0. The van der Waals surface area contributed by atoms with E-state index in [-0.39, 0.29) is 21.8 Å². The number of amidine groups is 1. The summed E-state index contributed by atoms with van der Waals surface area (Å²) in [5, 5.41) is 5.77. The van der Waals surface area contributed by atoms with Crippen molar-refractivity contribution in [2.45, 2.75) is 38.3 Å². The lowest BCUT2D eigenvalue weighted by molar-refractivity contribution is -0.691. The molecule has 1 amide bonds. The molecule has 0 aromatic heterocycles. The summed E-state index contributed by atoms with van der Waals surface area (Å²) in [6.45, 7) is 8.92. The van der Waals surface area contributed by atoms with Crippen molar-refractivity contribution in [3.8, 4) is 0 Å². The van der Waals surface area contributed by atoms with E-state index in [1.807, 2.05) is 12.3 Å². The predicted octanol–water partition coefficient (Wildman–Crippen LogP) is 4.93. The Labute approximate surface area is 264 Å². The molecule has 1 aromatic rings. The molecule has 0 aliphatic carbocycles. The van der Waals surface area contributed by atoms with Gasteiger partial charge in [0.05, 0.1) is 37.3 Å². The Morgan fingerprint density at radius 2 is 2.00 bits per heavy atom. The Morgan fingerprint density at radius 3 is 2.55 bits per heavy atom. The fourth-order valence-corrected chi connectivity index (χ4v) is 8.33. The molecule has 42 heavy (non-hydrogen) atoms. The summed E-state index contributed by atoms with van der Waals surface area (Å²) in [5.74, 6) is 0.483. The third-order valence-electron chi connectivity index (χ3n) is 9.40. The zero-order valence-corrected chi connectivity index (χ0v) is 27.2. The number of hydrogen-bond donors (Lipinski definition) is 2. The summed E-state index contributed by atoms with van der Waals surface area (Å²) in [6, 6.07) is 6.50. The number of piperazine rings is 1. The van der Waals surface area contributed by atoms with Crippen LogP contribution < -0.4 is 5.32 Å². The van der Waals surface area contributed by atoms with Crippen molar-refractivity contribution in [2.75, 3.05) is 65.8 Å². The van der Waals surface area contributed by atoms with Gasteiger partial charge in [-0.2, -0.15) is 3.89 Å². The number of amides is 1. The zero-order valence-electron chi connectivity index (χ0n) is 24.7. The lowest BCUT2D eigenvalue weighted by atomic mass is 9.76. The standard InChI is InChI=1S/C31H41ClFN5O2S2/c1-22-16-35-10-13-37(22)30(34-2)27-15-28(32)26(23-4-6-24(33)7-5-23)14-25(38(21-39,42-3)29(27)18-41)17-36-11-8-31(9-12-36)19-40-20-31/h4-7,15,18,21-22,25,35H,8-14,16-17,19-20H2,1-3H3/p+1/b27-15+,28-26-,29-18-,34-30?. The highest BCUT2D eigenvalue weighted by Gasteiger charge is 2.49. The van der Waals surface area contributed by atoms with Gasteiger partial charge in [0.1, 0.15) is 17.7 Å². The third-order valence-corrected chi connectivity index (χ3v) is 11.2. The number of ether oxygens (including phenoxy) is 1. The Bertz CT molecular complexity index is 1270. The molecule has 7 nitrogen and oxygen atoms in total. The number of thiol groups is 1. The molecule has 4 heterocycles. The van der Waals surface area contributed by atoms with Crippen LogP contribution in [0.5, 0.6) is 0 Å². The number of allylic oxidation sites excluding steroid dienone is 2. The van der Waals surface area contributed by atoms with Crippen LogP contribution in [0, 0.1) is 11.2 Å². The zero-order chi connectivity index (χ0) is 29.9. The lowest BCUT2D eigenvalue weighted by Gasteiger charge is -2.49. The second-order valence-corrected chi connectivity index (χ2v) is 13.5. The average Bonchev–Trinajstić information content (AvgIpc) is 2.98. The van der Waals surface area contributed by atoms with Crippen molar-refractivity contribution in [1.29, 1.82) is 0 Å². The number of carbonyl (C=O) groups excluding carboxylic acids is 1. The number of nitrogens with zero attached hydrogens (tertiary/aromatic N) is 4. The van der Waals surface area contributed by atoms with E-state index in [9.17, 15) is 9.18 Å². The minimum absolute atomic E-state index is 0.00837. The smallest absolute Gasteiger partial charge is 0.318 e. The van der Waals surface area contributed by atoms with Crippen LogP contribution in [-0.2, 0) is 9.53 Å². The largest absolute Gasteiger partial charge is 0.380 e. The molecule has 1 spiro atoms. The fraction of sp³-hybridized carbons (Fsp3) is 0.548. The van der Waals surface area contributed by atoms with Crippen molar-refractivity contribution in [3.05, 3.63) is 63.4 Å². The topological polar surface area (TPSA) is 57.2 Å².